The summed E-state index contributed by atoms with van der Waals surface area (Å²) in [6.07, 6.45) is 4.40. The molecule has 2 aromatic heterocycles. The van der Waals surface area contributed by atoms with Crippen LogP contribution in [0.5, 0.6) is 0 Å². The lowest BCUT2D eigenvalue weighted by molar-refractivity contribution is -0.121. The first-order chi connectivity index (χ1) is 13.2. The van der Waals surface area contributed by atoms with Crippen LogP contribution in [0.1, 0.15) is 19.1 Å². The van der Waals surface area contributed by atoms with Crippen molar-refractivity contribution in [2.75, 3.05) is 33.0 Å². The number of aromatic nitrogens is 4. The highest BCUT2D eigenvalue weighted by molar-refractivity contribution is 5.81. The third-order valence-electron chi connectivity index (χ3n) is 6.11. The third kappa shape index (κ3) is 2.79. The van der Waals surface area contributed by atoms with Gasteiger partial charge in [0.05, 0.1) is 6.33 Å². The minimum atomic E-state index is -0.420. The number of anilines is 1. The molecule has 1 aliphatic carbocycles. The number of hydrogen-bond acceptors (Lipinski definition) is 9. The van der Waals surface area contributed by atoms with Gasteiger partial charge >= 0.3 is 0 Å². The van der Waals surface area contributed by atoms with Gasteiger partial charge in [0.2, 0.25) is 0 Å². The Morgan fingerprint density at radius 3 is 2.96 bits per heavy atom. The van der Waals surface area contributed by atoms with Crippen molar-refractivity contribution in [1.29, 1.82) is 0 Å². The maximum absolute atomic E-state index is 6.42. The molecule has 4 bridgehead atoms. The molecule has 146 valence electrons. The molecular weight excluding hydrogens is 350 g/mol. The quantitative estimate of drug-likeness (QED) is 0.745. The smallest absolute Gasteiger partial charge is 0.168 e. The largest absolute Gasteiger partial charge is 0.382 e. The predicted molar refractivity (Wildman–Crippen MR) is 96.5 cm³/mol. The van der Waals surface area contributed by atoms with Crippen LogP contribution in [0, 0.1) is 5.92 Å². The van der Waals surface area contributed by atoms with Gasteiger partial charge in [-0.1, -0.05) is 0 Å². The molecule has 1 saturated carbocycles. The molecule has 0 radical (unpaired) electrons. The second-order valence-electron chi connectivity index (χ2n) is 7.71. The number of rotatable bonds is 2. The molecule has 0 amide bonds. The van der Waals surface area contributed by atoms with Gasteiger partial charge in [-0.3, -0.25) is 9.40 Å². The number of nitrogens with two attached hydrogens (primary N) is 1. The van der Waals surface area contributed by atoms with Crippen molar-refractivity contribution >= 4 is 17.0 Å². The Labute approximate surface area is 156 Å². The van der Waals surface area contributed by atoms with E-state index in [1.807, 2.05) is 4.57 Å². The lowest BCUT2D eigenvalue weighted by Gasteiger charge is -2.42. The Balaban J connectivity index is 1.50. The van der Waals surface area contributed by atoms with E-state index in [1.165, 1.54) is 19.2 Å². The van der Waals surface area contributed by atoms with Crippen LogP contribution in [0.2, 0.25) is 0 Å². The van der Waals surface area contributed by atoms with Crippen LogP contribution in [0.4, 0.5) is 5.82 Å². The van der Waals surface area contributed by atoms with Crippen molar-refractivity contribution in [2.24, 2.45) is 5.92 Å². The van der Waals surface area contributed by atoms with Crippen molar-refractivity contribution < 1.29 is 14.3 Å². The van der Waals surface area contributed by atoms with E-state index in [4.69, 9.17) is 20.0 Å². The molecule has 5 heterocycles. The summed E-state index contributed by atoms with van der Waals surface area (Å²) in [5.74, 6) is 0.998. The summed E-state index contributed by atoms with van der Waals surface area (Å²) in [4.78, 5) is 21.2. The topological polar surface area (TPSA) is 113 Å². The van der Waals surface area contributed by atoms with Gasteiger partial charge in [-0.2, -0.15) is 0 Å². The average molecular weight is 375 g/mol. The lowest BCUT2D eigenvalue weighted by Crippen LogP contribution is -2.48. The highest BCUT2D eigenvalue weighted by Gasteiger charge is 2.49. The van der Waals surface area contributed by atoms with Gasteiger partial charge in [0.15, 0.2) is 23.8 Å². The second kappa shape index (κ2) is 6.64. The summed E-state index contributed by atoms with van der Waals surface area (Å²) in [7, 11) is 3.86. The molecule has 27 heavy (non-hydrogen) atoms. The zero-order valence-electron chi connectivity index (χ0n) is 15.5. The molecule has 3 N–H and O–H groups in total. The fourth-order valence-corrected chi connectivity index (χ4v) is 4.47. The number of imidazole rings is 1. The average Bonchev–Trinajstić information content (AvgIpc) is 3.16. The van der Waals surface area contributed by atoms with E-state index in [-0.39, 0.29) is 18.3 Å². The van der Waals surface area contributed by atoms with Gasteiger partial charge in [-0.15, -0.1) is 0 Å². The van der Waals surface area contributed by atoms with E-state index in [9.17, 15) is 0 Å². The molecular formula is C17H25N7O3. The van der Waals surface area contributed by atoms with Gasteiger partial charge in [-0.05, 0) is 25.8 Å². The van der Waals surface area contributed by atoms with Crippen LogP contribution in [-0.2, 0) is 14.3 Å². The maximum Gasteiger partial charge on any atom is 0.168 e. The number of hydrogen-bond donors (Lipinski definition) is 2. The first-order valence-corrected chi connectivity index (χ1v) is 9.35. The van der Waals surface area contributed by atoms with E-state index < -0.39 is 6.23 Å². The number of nitrogens with one attached hydrogen (secondary N) is 1. The summed E-state index contributed by atoms with van der Waals surface area (Å²) in [6, 6.07) is 0.593. The monoisotopic (exact) mass is 375 g/mol. The highest BCUT2D eigenvalue weighted by atomic mass is 16.7. The number of likely N-dealkylation sites (N-methyl/N-ethyl adjacent to an activating group) is 1. The Morgan fingerprint density at radius 2 is 2.15 bits per heavy atom. The highest BCUT2D eigenvalue weighted by Crippen LogP contribution is 2.38. The van der Waals surface area contributed by atoms with E-state index in [2.05, 4.69) is 32.4 Å². The molecule has 6 rings (SSSR count). The number of nitrogens with zero attached hydrogens (tertiary/aromatic N) is 5. The zero-order chi connectivity index (χ0) is 18.5. The van der Waals surface area contributed by atoms with Crippen molar-refractivity contribution in [3.05, 3.63) is 12.7 Å². The molecule has 0 aromatic carbocycles. The summed E-state index contributed by atoms with van der Waals surface area (Å²) < 4.78 is 14.1. The number of nitrogen functional groups attached to an aromatic ring is 1. The van der Waals surface area contributed by atoms with Gasteiger partial charge in [-0.25, -0.2) is 20.4 Å². The Kier molecular flexibility index (Phi) is 4.25. The van der Waals surface area contributed by atoms with Gasteiger partial charge in [0.1, 0.15) is 24.1 Å². The molecule has 4 atom stereocenters. The Morgan fingerprint density at radius 1 is 1.30 bits per heavy atom. The molecule has 0 unspecified atom stereocenters. The Bertz CT molecular complexity index is 824. The number of hydroxylamine groups is 1. The van der Waals surface area contributed by atoms with E-state index in [0.717, 1.165) is 13.1 Å². The van der Waals surface area contributed by atoms with Crippen LogP contribution in [0.3, 0.4) is 0 Å². The lowest BCUT2D eigenvalue weighted by atomic mass is 9.79. The first kappa shape index (κ1) is 17.3. The number of ether oxygens (including phenoxy) is 2. The normalized spacial score (nSPS) is 37.1. The number of fused-ring (bicyclic) bond motifs is 4. The van der Waals surface area contributed by atoms with Crippen molar-refractivity contribution in [1.82, 2.24) is 29.9 Å². The van der Waals surface area contributed by atoms with Crippen LogP contribution >= 0.6 is 0 Å². The fraction of sp³-hybridized carbons (Fsp3) is 0.706. The minimum Gasteiger partial charge on any atom is -0.382 e. The van der Waals surface area contributed by atoms with E-state index in [0.29, 0.717) is 28.9 Å². The fourth-order valence-electron chi connectivity index (χ4n) is 4.47. The molecule has 4 aliphatic rings. The van der Waals surface area contributed by atoms with Gasteiger partial charge in [0, 0.05) is 26.2 Å². The maximum atomic E-state index is 6.42. The first-order valence-electron chi connectivity index (χ1n) is 9.35. The summed E-state index contributed by atoms with van der Waals surface area (Å²) in [6.45, 7) is 1.62. The summed E-state index contributed by atoms with van der Waals surface area (Å²) >= 11 is 0. The molecule has 10 nitrogen and oxygen atoms in total. The SMILES string of the molecule is CO[C@H]1[C@H]2ONCC3CC(C3)N(C)C[C@H]1O[C@H]2n1cnc2c(N)ncnc21. The molecule has 0 spiro atoms. The van der Waals surface area contributed by atoms with Crippen molar-refractivity contribution in [2.45, 2.75) is 43.4 Å². The third-order valence-corrected chi connectivity index (χ3v) is 6.11. The van der Waals surface area contributed by atoms with Crippen molar-refractivity contribution in [3.8, 4) is 0 Å². The van der Waals surface area contributed by atoms with E-state index in [1.54, 1.807) is 13.4 Å². The van der Waals surface area contributed by atoms with Crippen LogP contribution < -0.4 is 11.2 Å². The summed E-state index contributed by atoms with van der Waals surface area (Å²) in [5.41, 5.74) is 10.3. The van der Waals surface area contributed by atoms with Crippen LogP contribution in [-0.4, -0.2) is 76.0 Å². The predicted octanol–water partition coefficient (Wildman–Crippen LogP) is -0.0653. The van der Waals surface area contributed by atoms with Gasteiger partial charge < -0.3 is 20.1 Å². The minimum absolute atomic E-state index is 0.120. The second-order valence-corrected chi connectivity index (χ2v) is 7.71. The number of methoxy groups -OCH3 is 1. The Hall–Kier alpha value is -1.85. The molecule has 2 aromatic rings. The van der Waals surface area contributed by atoms with Crippen LogP contribution in [0.25, 0.3) is 11.2 Å². The molecule has 3 saturated heterocycles. The van der Waals surface area contributed by atoms with Gasteiger partial charge in [0.25, 0.3) is 0 Å². The molecule has 4 fully saturated rings. The van der Waals surface area contributed by atoms with E-state index >= 15 is 0 Å². The molecule has 3 aliphatic heterocycles. The van der Waals surface area contributed by atoms with Crippen LogP contribution in [0.15, 0.2) is 12.7 Å². The van der Waals surface area contributed by atoms with Crippen molar-refractivity contribution in [3.63, 3.8) is 0 Å². The standard InChI is InChI=1S/C17H25N7O3/c1-23-6-11-13(25-2)14(27-22-5-9-3-10(23)4-9)17(26-11)24-8-21-12-15(18)19-7-20-16(12)24/h7-11,13-14,17,22H,3-6H2,1-2H3,(H2,18,19,20)/t9?,10?,11-,13-,14-,17-/m1/s1. The molecule has 10 heteroatoms. The summed E-state index contributed by atoms with van der Waals surface area (Å²) in [5, 5.41) is 0. The zero-order valence-corrected chi connectivity index (χ0v) is 15.5.